The van der Waals surface area contributed by atoms with Crippen molar-refractivity contribution in [3.63, 3.8) is 0 Å². The van der Waals surface area contributed by atoms with Crippen LogP contribution in [0.4, 0.5) is 0 Å². The number of unbranched alkanes of at least 4 members (excludes halogenated alkanes) is 1. The SMILES string of the molecule is COC(CCCCc1cccc(Br)c1)OC. The Morgan fingerprint density at radius 1 is 1.19 bits per heavy atom. The Bertz CT molecular complexity index is 298. The van der Waals surface area contributed by atoms with Gasteiger partial charge in [-0.05, 0) is 43.4 Å². The zero-order valence-corrected chi connectivity index (χ0v) is 11.5. The molecule has 0 fully saturated rings. The van der Waals surface area contributed by atoms with Crippen molar-refractivity contribution in [3.8, 4) is 0 Å². The maximum atomic E-state index is 5.14. The molecule has 0 aliphatic rings. The van der Waals surface area contributed by atoms with Gasteiger partial charge in [-0.2, -0.15) is 0 Å². The van der Waals surface area contributed by atoms with Gasteiger partial charge in [0, 0.05) is 18.7 Å². The van der Waals surface area contributed by atoms with E-state index in [1.165, 1.54) is 12.0 Å². The molecule has 1 aromatic carbocycles. The van der Waals surface area contributed by atoms with Crippen LogP contribution >= 0.6 is 15.9 Å². The molecule has 90 valence electrons. The molecule has 0 heterocycles. The Kier molecular flexibility index (Phi) is 6.69. The van der Waals surface area contributed by atoms with Crippen molar-refractivity contribution in [3.05, 3.63) is 34.3 Å². The van der Waals surface area contributed by atoms with Gasteiger partial charge in [0.05, 0.1) is 0 Å². The van der Waals surface area contributed by atoms with E-state index in [1.807, 2.05) is 0 Å². The third kappa shape index (κ3) is 5.10. The average Bonchev–Trinajstić information content (AvgIpc) is 2.29. The Hall–Kier alpha value is -0.380. The summed E-state index contributed by atoms with van der Waals surface area (Å²) in [5.74, 6) is 0. The summed E-state index contributed by atoms with van der Waals surface area (Å²) >= 11 is 3.48. The quantitative estimate of drug-likeness (QED) is 0.561. The largest absolute Gasteiger partial charge is 0.356 e. The highest BCUT2D eigenvalue weighted by Gasteiger charge is 2.03. The molecule has 1 aromatic rings. The Labute approximate surface area is 106 Å². The summed E-state index contributed by atoms with van der Waals surface area (Å²) in [5.41, 5.74) is 1.38. The summed E-state index contributed by atoms with van der Waals surface area (Å²) in [5, 5.41) is 0. The van der Waals surface area contributed by atoms with Gasteiger partial charge >= 0.3 is 0 Å². The molecule has 3 heteroatoms. The molecule has 0 aliphatic heterocycles. The molecule has 0 bridgehead atoms. The van der Waals surface area contributed by atoms with Crippen molar-refractivity contribution >= 4 is 15.9 Å². The molecule has 2 nitrogen and oxygen atoms in total. The van der Waals surface area contributed by atoms with Crippen molar-refractivity contribution in [1.82, 2.24) is 0 Å². The Balaban J connectivity index is 2.20. The van der Waals surface area contributed by atoms with Crippen LogP contribution in [0.2, 0.25) is 0 Å². The lowest BCUT2D eigenvalue weighted by Gasteiger charge is -2.12. The third-order valence-corrected chi connectivity index (χ3v) is 3.06. The standard InChI is InChI=1S/C13H19BrO2/c1-15-13(16-2)9-4-3-6-11-7-5-8-12(14)10-11/h5,7-8,10,13H,3-4,6,9H2,1-2H3. The van der Waals surface area contributed by atoms with E-state index in [0.29, 0.717) is 0 Å². The highest BCUT2D eigenvalue weighted by molar-refractivity contribution is 9.10. The average molecular weight is 287 g/mol. The maximum absolute atomic E-state index is 5.14. The molecule has 0 aliphatic carbocycles. The number of halogens is 1. The van der Waals surface area contributed by atoms with Crippen molar-refractivity contribution in [2.45, 2.75) is 32.0 Å². The van der Waals surface area contributed by atoms with Crippen LogP contribution in [-0.4, -0.2) is 20.5 Å². The third-order valence-electron chi connectivity index (χ3n) is 2.57. The molecule has 0 saturated heterocycles. The van der Waals surface area contributed by atoms with Crippen molar-refractivity contribution < 1.29 is 9.47 Å². The van der Waals surface area contributed by atoms with Gasteiger partial charge in [-0.25, -0.2) is 0 Å². The minimum absolute atomic E-state index is 0.0532. The highest BCUT2D eigenvalue weighted by atomic mass is 79.9. The number of benzene rings is 1. The zero-order chi connectivity index (χ0) is 11.8. The topological polar surface area (TPSA) is 18.5 Å². The van der Waals surface area contributed by atoms with Crippen molar-refractivity contribution in [2.75, 3.05) is 14.2 Å². The molecular weight excluding hydrogens is 268 g/mol. The van der Waals surface area contributed by atoms with Crippen LogP contribution in [0.3, 0.4) is 0 Å². The van der Waals surface area contributed by atoms with Gasteiger partial charge in [0.15, 0.2) is 6.29 Å². The maximum Gasteiger partial charge on any atom is 0.156 e. The number of hydrogen-bond acceptors (Lipinski definition) is 2. The van der Waals surface area contributed by atoms with E-state index in [-0.39, 0.29) is 6.29 Å². The molecule has 0 saturated carbocycles. The van der Waals surface area contributed by atoms with Crippen LogP contribution in [0, 0.1) is 0 Å². The van der Waals surface area contributed by atoms with Gasteiger partial charge in [-0.3, -0.25) is 0 Å². The second-order valence-corrected chi connectivity index (χ2v) is 4.69. The van der Waals surface area contributed by atoms with Gasteiger partial charge in [0.2, 0.25) is 0 Å². The predicted octanol–water partition coefficient (Wildman–Crippen LogP) is 3.78. The molecule has 16 heavy (non-hydrogen) atoms. The normalized spacial score (nSPS) is 11.0. The predicted molar refractivity (Wildman–Crippen MR) is 69.5 cm³/mol. The first-order valence-corrected chi connectivity index (χ1v) is 6.35. The van der Waals surface area contributed by atoms with E-state index in [4.69, 9.17) is 9.47 Å². The van der Waals surface area contributed by atoms with E-state index in [1.54, 1.807) is 14.2 Å². The number of methoxy groups -OCH3 is 2. The number of ether oxygens (including phenoxy) is 2. The fraction of sp³-hybridized carbons (Fsp3) is 0.538. The lowest BCUT2D eigenvalue weighted by molar-refractivity contribution is -0.107. The van der Waals surface area contributed by atoms with Gasteiger partial charge in [0.1, 0.15) is 0 Å². The zero-order valence-electron chi connectivity index (χ0n) is 9.91. The van der Waals surface area contributed by atoms with Crippen LogP contribution in [0.5, 0.6) is 0 Å². The summed E-state index contributed by atoms with van der Waals surface area (Å²) in [7, 11) is 3.37. The summed E-state index contributed by atoms with van der Waals surface area (Å²) in [4.78, 5) is 0. The molecule has 1 rings (SSSR count). The summed E-state index contributed by atoms with van der Waals surface area (Å²) in [6, 6.07) is 8.46. The summed E-state index contributed by atoms with van der Waals surface area (Å²) in [6.45, 7) is 0. The monoisotopic (exact) mass is 286 g/mol. The van der Waals surface area contributed by atoms with E-state index >= 15 is 0 Å². The lowest BCUT2D eigenvalue weighted by Crippen LogP contribution is -2.12. The van der Waals surface area contributed by atoms with Crippen LogP contribution < -0.4 is 0 Å². The van der Waals surface area contributed by atoms with Crippen molar-refractivity contribution in [2.24, 2.45) is 0 Å². The van der Waals surface area contributed by atoms with Gasteiger partial charge in [0.25, 0.3) is 0 Å². The first-order valence-electron chi connectivity index (χ1n) is 5.56. The molecule has 0 spiro atoms. The fourth-order valence-corrected chi connectivity index (χ4v) is 2.11. The van der Waals surface area contributed by atoms with Gasteiger partial charge < -0.3 is 9.47 Å². The van der Waals surface area contributed by atoms with Gasteiger partial charge in [-0.1, -0.05) is 28.1 Å². The Morgan fingerprint density at radius 2 is 1.94 bits per heavy atom. The van der Waals surface area contributed by atoms with E-state index in [9.17, 15) is 0 Å². The molecule has 0 atom stereocenters. The molecular formula is C13H19BrO2. The smallest absolute Gasteiger partial charge is 0.156 e. The van der Waals surface area contributed by atoms with Crippen LogP contribution in [0.1, 0.15) is 24.8 Å². The molecule has 0 N–H and O–H groups in total. The fourth-order valence-electron chi connectivity index (χ4n) is 1.66. The van der Waals surface area contributed by atoms with Crippen LogP contribution in [-0.2, 0) is 15.9 Å². The second kappa shape index (κ2) is 7.82. The lowest BCUT2D eigenvalue weighted by atomic mass is 10.1. The minimum Gasteiger partial charge on any atom is -0.356 e. The van der Waals surface area contributed by atoms with Crippen LogP contribution in [0.15, 0.2) is 28.7 Å². The van der Waals surface area contributed by atoms with Gasteiger partial charge in [-0.15, -0.1) is 0 Å². The van der Waals surface area contributed by atoms with E-state index in [2.05, 4.69) is 40.2 Å². The van der Waals surface area contributed by atoms with Crippen LogP contribution in [0.25, 0.3) is 0 Å². The first kappa shape index (κ1) is 13.7. The minimum atomic E-state index is -0.0532. The second-order valence-electron chi connectivity index (χ2n) is 3.78. The molecule has 0 aromatic heterocycles. The number of aryl methyl sites for hydroxylation is 1. The van der Waals surface area contributed by atoms with E-state index in [0.717, 1.165) is 23.7 Å². The Morgan fingerprint density at radius 3 is 2.56 bits per heavy atom. The molecule has 0 unspecified atom stereocenters. The first-order chi connectivity index (χ1) is 7.76. The molecule has 0 radical (unpaired) electrons. The summed E-state index contributed by atoms with van der Waals surface area (Å²) < 4.78 is 11.4. The highest BCUT2D eigenvalue weighted by Crippen LogP contribution is 2.14. The number of hydrogen-bond donors (Lipinski definition) is 0. The van der Waals surface area contributed by atoms with Crippen molar-refractivity contribution in [1.29, 1.82) is 0 Å². The number of rotatable bonds is 7. The summed E-state index contributed by atoms with van der Waals surface area (Å²) in [6.07, 6.45) is 4.31. The van der Waals surface area contributed by atoms with E-state index < -0.39 is 0 Å². The molecule has 0 amide bonds.